The van der Waals surface area contributed by atoms with Crippen molar-refractivity contribution in [3.63, 3.8) is 0 Å². The van der Waals surface area contributed by atoms with Crippen LogP contribution in [0.4, 0.5) is 0 Å². The maximum absolute atomic E-state index is 12.1. The molecule has 0 unspecified atom stereocenters. The Morgan fingerprint density at radius 1 is 1.24 bits per heavy atom. The van der Waals surface area contributed by atoms with Crippen LogP contribution in [0.25, 0.3) is 0 Å². The number of hydrogen-bond acceptors (Lipinski definition) is 7. The maximum Gasteiger partial charge on any atom is 0.340 e. The Bertz CT molecular complexity index is 796. The number of nitriles is 1. The highest BCUT2D eigenvalue weighted by atomic mass is 32.2. The monoisotopic (exact) mass is 321 g/mol. The smallest absolute Gasteiger partial charge is 0.340 e. The van der Waals surface area contributed by atoms with Crippen LogP contribution >= 0.6 is 11.8 Å². The molecule has 1 aromatic heterocycles. The summed E-state index contributed by atoms with van der Waals surface area (Å²) in [7, 11) is -3.99. The first-order valence-corrected chi connectivity index (χ1v) is 8.42. The topological polar surface area (TPSA) is 92.9 Å². The molecule has 2 aromatic rings. The second-order valence-corrected chi connectivity index (χ2v) is 6.33. The molecule has 8 heteroatoms. The van der Waals surface area contributed by atoms with E-state index in [1.807, 2.05) is 6.07 Å². The number of nitrogens with zero attached hydrogens (tertiary/aromatic N) is 3. The molecule has 0 aliphatic heterocycles. The third kappa shape index (κ3) is 3.71. The van der Waals surface area contributed by atoms with Crippen molar-refractivity contribution in [2.24, 2.45) is 0 Å². The highest BCUT2D eigenvalue weighted by Crippen LogP contribution is 2.20. The van der Waals surface area contributed by atoms with E-state index in [2.05, 4.69) is 9.97 Å². The fraction of sp³-hybridized carbons (Fsp3) is 0.154. The molecule has 6 nitrogen and oxygen atoms in total. The number of hydrogen-bond donors (Lipinski definition) is 0. The van der Waals surface area contributed by atoms with Gasteiger partial charge in [-0.2, -0.15) is 18.7 Å². The molecular formula is C13H11N3O3S2. The lowest BCUT2D eigenvalue weighted by atomic mass is 10.2. The Balaban J connectivity index is 2.32. The molecule has 0 bridgehead atoms. The number of benzene rings is 1. The second kappa shape index (κ2) is 6.11. The first kappa shape index (κ1) is 15.3. The SMILES string of the molecule is CSc1nc(C)cc(OS(=O)(=O)c2ccc(C#N)cc2)n1. The fourth-order valence-electron chi connectivity index (χ4n) is 1.50. The average Bonchev–Trinajstić information content (AvgIpc) is 2.46. The van der Waals surface area contributed by atoms with Gasteiger partial charge in [0.1, 0.15) is 4.90 Å². The van der Waals surface area contributed by atoms with Crippen LogP contribution in [0.5, 0.6) is 5.88 Å². The summed E-state index contributed by atoms with van der Waals surface area (Å²) in [6, 6.07) is 8.82. The zero-order chi connectivity index (χ0) is 15.5. The van der Waals surface area contributed by atoms with Gasteiger partial charge in [-0.25, -0.2) is 4.98 Å². The Morgan fingerprint density at radius 2 is 1.90 bits per heavy atom. The standard InChI is InChI=1S/C13H11N3O3S2/c1-9-7-12(16-13(15-9)20-2)19-21(17,18)11-5-3-10(8-14)4-6-11/h3-7H,1-2H3. The summed E-state index contributed by atoms with van der Waals surface area (Å²) in [4.78, 5) is 8.07. The van der Waals surface area contributed by atoms with Gasteiger partial charge in [0.2, 0.25) is 5.88 Å². The Kier molecular flexibility index (Phi) is 4.45. The molecular weight excluding hydrogens is 310 g/mol. The van der Waals surface area contributed by atoms with Crippen LogP contribution < -0.4 is 4.18 Å². The largest absolute Gasteiger partial charge is 0.358 e. The van der Waals surface area contributed by atoms with Crippen LogP contribution in [0, 0.1) is 18.3 Å². The Labute approximate surface area is 126 Å². The van der Waals surface area contributed by atoms with Gasteiger partial charge < -0.3 is 4.18 Å². The molecule has 0 amide bonds. The summed E-state index contributed by atoms with van der Waals surface area (Å²) in [6.07, 6.45) is 1.79. The highest BCUT2D eigenvalue weighted by Gasteiger charge is 2.18. The minimum Gasteiger partial charge on any atom is -0.358 e. The number of aryl methyl sites for hydroxylation is 1. The van der Waals surface area contributed by atoms with Crippen molar-refractivity contribution < 1.29 is 12.6 Å². The van der Waals surface area contributed by atoms with Crippen molar-refractivity contribution in [1.82, 2.24) is 9.97 Å². The van der Waals surface area contributed by atoms with Crippen molar-refractivity contribution >= 4 is 21.9 Å². The number of thioether (sulfide) groups is 1. The van der Waals surface area contributed by atoms with Gasteiger partial charge in [0.05, 0.1) is 11.6 Å². The van der Waals surface area contributed by atoms with Crippen LogP contribution in [0.2, 0.25) is 0 Å². The van der Waals surface area contributed by atoms with Crippen LogP contribution in [-0.4, -0.2) is 24.6 Å². The lowest BCUT2D eigenvalue weighted by Crippen LogP contribution is -2.11. The molecule has 0 aliphatic carbocycles. The zero-order valence-electron chi connectivity index (χ0n) is 11.3. The van der Waals surface area contributed by atoms with Crippen molar-refractivity contribution in [3.8, 4) is 11.9 Å². The normalized spacial score (nSPS) is 10.9. The molecule has 0 spiro atoms. The lowest BCUT2D eigenvalue weighted by Gasteiger charge is -2.07. The van der Waals surface area contributed by atoms with E-state index in [0.717, 1.165) is 0 Å². The van der Waals surface area contributed by atoms with Crippen LogP contribution in [0.1, 0.15) is 11.3 Å². The summed E-state index contributed by atoms with van der Waals surface area (Å²) in [5.41, 5.74) is 0.982. The van der Waals surface area contributed by atoms with E-state index in [4.69, 9.17) is 9.44 Å². The minimum atomic E-state index is -3.99. The van der Waals surface area contributed by atoms with Crippen molar-refractivity contribution in [2.75, 3.05) is 6.26 Å². The third-order valence-corrected chi connectivity index (χ3v) is 4.25. The third-order valence-electron chi connectivity index (χ3n) is 2.46. The Morgan fingerprint density at radius 3 is 2.48 bits per heavy atom. The van der Waals surface area contributed by atoms with Gasteiger partial charge in [0.25, 0.3) is 0 Å². The summed E-state index contributed by atoms with van der Waals surface area (Å²) in [5.74, 6) is -0.0313. The van der Waals surface area contributed by atoms with E-state index in [1.54, 1.807) is 13.2 Å². The van der Waals surface area contributed by atoms with Crippen molar-refractivity contribution in [1.29, 1.82) is 5.26 Å². The van der Waals surface area contributed by atoms with E-state index in [1.165, 1.54) is 42.1 Å². The van der Waals surface area contributed by atoms with Crippen LogP contribution in [0.3, 0.4) is 0 Å². The number of rotatable bonds is 4. The lowest BCUT2D eigenvalue weighted by molar-refractivity contribution is 0.471. The minimum absolute atomic E-state index is 0.0313. The molecule has 2 rings (SSSR count). The molecule has 0 saturated heterocycles. The summed E-state index contributed by atoms with van der Waals surface area (Å²) in [6.45, 7) is 1.72. The van der Waals surface area contributed by atoms with Crippen LogP contribution in [-0.2, 0) is 10.1 Å². The highest BCUT2D eigenvalue weighted by molar-refractivity contribution is 7.98. The fourth-order valence-corrected chi connectivity index (χ4v) is 2.80. The zero-order valence-corrected chi connectivity index (χ0v) is 12.9. The quantitative estimate of drug-likeness (QED) is 0.484. The molecule has 21 heavy (non-hydrogen) atoms. The summed E-state index contributed by atoms with van der Waals surface area (Å²) < 4.78 is 29.3. The van der Waals surface area contributed by atoms with E-state index in [0.29, 0.717) is 16.4 Å². The van der Waals surface area contributed by atoms with Crippen molar-refractivity contribution in [2.45, 2.75) is 17.0 Å². The molecule has 0 fully saturated rings. The molecule has 0 radical (unpaired) electrons. The van der Waals surface area contributed by atoms with Gasteiger partial charge in [0.15, 0.2) is 5.16 Å². The predicted octanol–water partition coefficient (Wildman–Crippen LogP) is 2.15. The van der Waals surface area contributed by atoms with Crippen molar-refractivity contribution in [3.05, 3.63) is 41.6 Å². The molecule has 108 valence electrons. The molecule has 0 aliphatic rings. The maximum atomic E-state index is 12.1. The van der Waals surface area contributed by atoms with Gasteiger partial charge in [-0.05, 0) is 37.4 Å². The first-order valence-electron chi connectivity index (χ1n) is 5.79. The number of aromatic nitrogens is 2. The first-order chi connectivity index (χ1) is 9.94. The van der Waals surface area contributed by atoms with Gasteiger partial charge in [-0.3, -0.25) is 0 Å². The molecule has 1 aromatic carbocycles. The van der Waals surface area contributed by atoms with E-state index in [9.17, 15) is 8.42 Å². The van der Waals surface area contributed by atoms with Gasteiger partial charge in [0, 0.05) is 11.8 Å². The molecule has 0 saturated carbocycles. The predicted molar refractivity (Wildman–Crippen MR) is 77.5 cm³/mol. The second-order valence-electron chi connectivity index (χ2n) is 4.01. The Hall–Kier alpha value is -2.11. The summed E-state index contributed by atoms with van der Waals surface area (Å²) >= 11 is 1.29. The van der Waals surface area contributed by atoms with Gasteiger partial charge in [-0.15, -0.1) is 0 Å². The van der Waals surface area contributed by atoms with E-state index < -0.39 is 10.1 Å². The van der Waals surface area contributed by atoms with E-state index >= 15 is 0 Å². The van der Waals surface area contributed by atoms with E-state index in [-0.39, 0.29) is 10.8 Å². The summed E-state index contributed by atoms with van der Waals surface area (Å²) in [5, 5.41) is 9.14. The molecule has 0 atom stereocenters. The van der Waals surface area contributed by atoms with Gasteiger partial charge >= 0.3 is 10.1 Å². The van der Waals surface area contributed by atoms with Crippen LogP contribution in [0.15, 0.2) is 40.4 Å². The van der Waals surface area contributed by atoms with Gasteiger partial charge in [-0.1, -0.05) is 11.8 Å². The average molecular weight is 321 g/mol. The molecule has 0 N–H and O–H groups in total. The molecule has 1 heterocycles.